The Morgan fingerprint density at radius 1 is 1.18 bits per heavy atom. The molecule has 11 nitrogen and oxygen atoms in total. The first-order valence-corrected chi connectivity index (χ1v) is 13.6. The van der Waals surface area contributed by atoms with Gasteiger partial charge in [0, 0.05) is 58.1 Å². The Kier molecular flexibility index (Phi) is 9.56. The third kappa shape index (κ3) is 6.73. The smallest absolute Gasteiger partial charge is 0.274 e. The fourth-order valence-corrected chi connectivity index (χ4v) is 5.11. The molecule has 38 heavy (non-hydrogen) atoms. The molecule has 0 saturated carbocycles. The van der Waals surface area contributed by atoms with Gasteiger partial charge in [-0.25, -0.2) is 0 Å². The first-order chi connectivity index (χ1) is 17.9. The molecule has 1 aromatic heterocycles. The van der Waals surface area contributed by atoms with E-state index >= 15 is 0 Å². The summed E-state index contributed by atoms with van der Waals surface area (Å²) < 4.78 is 7.18. The summed E-state index contributed by atoms with van der Waals surface area (Å²) in [7, 11) is 4.90. The van der Waals surface area contributed by atoms with E-state index in [-0.39, 0.29) is 42.8 Å². The minimum absolute atomic E-state index is 0.0669. The van der Waals surface area contributed by atoms with Gasteiger partial charge in [0.25, 0.3) is 11.8 Å². The van der Waals surface area contributed by atoms with Crippen molar-refractivity contribution in [2.45, 2.75) is 71.4 Å². The lowest BCUT2D eigenvalue weighted by Gasteiger charge is -2.38. The van der Waals surface area contributed by atoms with E-state index < -0.39 is 5.60 Å². The number of carbonyl (C=O) groups excluding carboxylic acids is 4. The molecule has 4 amide bonds. The molecular weight excluding hydrogens is 488 g/mol. The maximum absolute atomic E-state index is 13.9. The number of ether oxygens (including phenoxy) is 1. The van der Waals surface area contributed by atoms with Crippen molar-refractivity contribution in [3.63, 3.8) is 0 Å². The van der Waals surface area contributed by atoms with Crippen LogP contribution in [0.25, 0.3) is 0 Å². The van der Waals surface area contributed by atoms with E-state index in [9.17, 15) is 19.2 Å². The van der Waals surface area contributed by atoms with Gasteiger partial charge in [0.05, 0.1) is 13.1 Å². The third-order valence-electron chi connectivity index (χ3n) is 7.63. The normalized spacial score (nSPS) is 20.3. The van der Waals surface area contributed by atoms with Gasteiger partial charge in [0.15, 0.2) is 5.69 Å². The zero-order chi connectivity index (χ0) is 28.2. The van der Waals surface area contributed by atoms with Crippen molar-refractivity contribution in [2.24, 2.45) is 13.0 Å². The van der Waals surface area contributed by atoms with Gasteiger partial charge in [-0.2, -0.15) is 5.10 Å². The van der Waals surface area contributed by atoms with Crippen molar-refractivity contribution in [1.29, 1.82) is 0 Å². The zero-order valence-corrected chi connectivity index (χ0v) is 24.0. The van der Waals surface area contributed by atoms with E-state index in [2.05, 4.69) is 24.3 Å². The van der Waals surface area contributed by atoms with Crippen LogP contribution in [0.4, 0.5) is 0 Å². The second-order valence-electron chi connectivity index (χ2n) is 11.4. The molecule has 11 heteroatoms. The standard InChI is InChI=1S/C27H44N6O5/c1-18(2)11-14-33-19-9-10-21-20(15-19)24(29-31(21)6)25(36)30(5)16-22(34)28-12-8-13-32(17-23(33)35)26(37)27(3,4)38-7/h18-19H,8-17H2,1-7H3,(H,28,34). The van der Waals surface area contributed by atoms with E-state index in [1.165, 1.54) is 12.0 Å². The SMILES string of the molecule is COC(C)(C)C(=O)N1CCCNC(=O)CN(C)C(=O)c2nn(C)c3c2CC(CC3)N(CCC(C)C)C(=O)C1. The van der Waals surface area contributed by atoms with E-state index in [0.717, 1.165) is 24.1 Å². The predicted octanol–water partition coefficient (Wildman–Crippen LogP) is 0.998. The molecule has 1 N–H and O–H groups in total. The molecule has 3 rings (SSSR count). The summed E-state index contributed by atoms with van der Waals surface area (Å²) >= 11 is 0. The van der Waals surface area contributed by atoms with E-state index in [1.807, 2.05) is 11.9 Å². The summed E-state index contributed by atoms with van der Waals surface area (Å²) in [5, 5.41) is 7.34. The Morgan fingerprint density at radius 3 is 2.55 bits per heavy atom. The van der Waals surface area contributed by atoms with Crippen LogP contribution in [-0.4, -0.2) is 107 Å². The highest BCUT2D eigenvalue weighted by Crippen LogP contribution is 2.29. The van der Waals surface area contributed by atoms with Crippen molar-refractivity contribution in [1.82, 2.24) is 29.8 Å². The van der Waals surface area contributed by atoms with Crippen LogP contribution in [-0.2, 0) is 39.0 Å². The molecule has 1 aliphatic carbocycles. The van der Waals surface area contributed by atoms with E-state index in [4.69, 9.17) is 4.74 Å². The van der Waals surface area contributed by atoms with Gasteiger partial charge >= 0.3 is 0 Å². The average Bonchev–Trinajstić information content (AvgIpc) is 3.19. The summed E-state index contributed by atoms with van der Waals surface area (Å²) in [5.41, 5.74) is 1.08. The van der Waals surface area contributed by atoms with Crippen molar-refractivity contribution in [3.8, 4) is 0 Å². The number of carbonyl (C=O) groups is 4. The quantitative estimate of drug-likeness (QED) is 0.605. The van der Waals surface area contributed by atoms with E-state index in [0.29, 0.717) is 50.5 Å². The number of amides is 4. The molecule has 2 bridgehead atoms. The highest BCUT2D eigenvalue weighted by molar-refractivity contribution is 5.96. The number of aryl methyl sites for hydroxylation is 1. The molecule has 2 aliphatic rings. The molecular formula is C27H44N6O5. The van der Waals surface area contributed by atoms with Crippen molar-refractivity contribution >= 4 is 23.6 Å². The topological polar surface area (TPSA) is 117 Å². The lowest BCUT2D eigenvalue weighted by molar-refractivity contribution is -0.155. The minimum atomic E-state index is -1.08. The van der Waals surface area contributed by atoms with Gasteiger partial charge in [-0.3, -0.25) is 23.9 Å². The average molecular weight is 533 g/mol. The highest BCUT2D eigenvalue weighted by atomic mass is 16.5. The second-order valence-corrected chi connectivity index (χ2v) is 11.4. The van der Waals surface area contributed by atoms with Gasteiger partial charge < -0.3 is 24.8 Å². The second kappa shape index (κ2) is 12.3. The first kappa shape index (κ1) is 29.6. The summed E-state index contributed by atoms with van der Waals surface area (Å²) in [5.74, 6) is -0.579. The number of methoxy groups -OCH3 is 1. The van der Waals surface area contributed by atoms with Crippen LogP contribution >= 0.6 is 0 Å². The number of aromatic nitrogens is 2. The molecule has 1 atom stereocenters. The number of hydrogen-bond donors (Lipinski definition) is 1. The molecule has 1 aliphatic heterocycles. The summed E-state index contributed by atoms with van der Waals surface area (Å²) in [6.45, 7) is 8.66. The fourth-order valence-electron chi connectivity index (χ4n) is 5.11. The molecule has 0 radical (unpaired) electrons. The van der Waals surface area contributed by atoms with Crippen LogP contribution in [0.5, 0.6) is 0 Å². The predicted molar refractivity (Wildman–Crippen MR) is 142 cm³/mol. The fraction of sp³-hybridized carbons (Fsp3) is 0.741. The Balaban J connectivity index is 2.00. The monoisotopic (exact) mass is 532 g/mol. The Morgan fingerprint density at radius 2 is 1.89 bits per heavy atom. The molecule has 2 heterocycles. The van der Waals surface area contributed by atoms with Gasteiger partial charge in [-0.1, -0.05) is 13.8 Å². The molecule has 0 spiro atoms. The van der Waals surface area contributed by atoms with Crippen LogP contribution in [0.2, 0.25) is 0 Å². The van der Waals surface area contributed by atoms with Gasteiger partial charge in [0.2, 0.25) is 11.8 Å². The first-order valence-electron chi connectivity index (χ1n) is 13.6. The van der Waals surface area contributed by atoms with Crippen LogP contribution in [0.3, 0.4) is 0 Å². The maximum atomic E-state index is 13.9. The van der Waals surface area contributed by atoms with Crippen molar-refractivity contribution in [3.05, 3.63) is 17.0 Å². The van der Waals surface area contributed by atoms with Crippen LogP contribution in [0.1, 0.15) is 68.7 Å². The maximum Gasteiger partial charge on any atom is 0.274 e. The lowest BCUT2D eigenvalue weighted by Crippen LogP contribution is -2.53. The summed E-state index contributed by atoms with van der Waals surface area (Å²) in [4.78, 5) is 57.9. The number of nitrogens with one attached hydrogen (secondary N) is 1. The largest absolute Gasteiger partial charge is 0.369 e. The Bertz CT molecular complexity index is 1050. The van der Waals surface area contributed by atoms with Gasteiger partial charge in [-0.15, -0.1) is 0 Å². The number of rotatable bonds is 5. The van der Waals surface area contributed by atoms with Crippen molar-refractivity contribution in [2.75, 3.05) is 46.9 Å². The molecule has 0 saturated heterocycles. The summed E-state index contributed by atoms with van der Waals surface area (Å²) in [6.07, 6.45) is 3.24. The Labute approximate surface area is 225 Å². The lowest BCUT2D eigenvalue weighted by atomic mass is 9.89. The zero-order valence-electron chi connectivity index (χ0n) is 24.0. The number of fused-ring (bicyclic) bond motifs is 1. The molecule has 0 aromatic carbocycles. The summed E-state index contributed by atoms with van der Waals surface area (Å²) in [6, 6.07) is -0.113. The number of nitrogens with zero attached hydrogens (tertiary/aromatic N) is 5. The van der Waals surface area contributed by atoms with Crippen LogP contribution in [0, 0.1) is 5.92 Å². The van der Waals surface area contributed by atoms with Crippen LogP contribution in [0.15, 0.2) is 0 Å². The Hall–Kier alpha value is -2.95. The van der Waals surface area contributed by atoms with Crippen LogP contribution < -0.4 is 5.32 Å². The number of likely N-dealkylation sites (N-methyl/N-ethyl adjacent to an activating group) is 1. The molecule has 1 unspecified atom stereocenters. The highest BCUT2D eigenvalue weighted by Gasteiger charge is 2.37. The molecule has 212 valence electrons. The van der Waals surface area contributed by atoms with E-state index in [1.54, 1.807) is 30.5 Å². The van der Waals surface area contributed by atoms with Gasteiger partial charge in [0.1, 0.15) is 5.60 Å². The molecule has 1 aromatic rings. The van der Waals surface area contributed by atoms with Gasteiger partial charge in [-0.05, 0) is 51.9 Å². The third-order valence-corrected chi connectivity index (χ3v) is 7.63. The minimum Gasteiger partial charge on any atom is -0.369 e. The molecule has 0 fully saturated rings. The van der Waals surface area contributed by atoms with Crippen molar-refractivity contribution < 1.29 is 23.9 Å². The number of hydrogen-bond acceptors (Lipinski definition) is 6.